The molecule has 1 N–H and O–H groups in total. The van der Waals surface area contributed by atoms with E-state index in [2.05, 4.69) is 27.3 Å². The molecule has 1 unspecified atom stereocenters. The van der Waals surface area contributed by atoms with Gasteiger partial charge in [0.25, 0.3) is 0 Å². The van der Waals surface area contributed by atoms with Crippen molar-refractivity contribution in [3.8, 4) is 11.8 Å². The van der Waals surface area contributed by atoms with Crippen molar-refractivity contribution in [1.29, 1.82) is 5.26 Å². The Bertz CT molecular complexity index is 373. The van der Waals surface area contributed by atoms with E-state index in [9.17, 15) is 0 Å². The van der Waals surface area contributed by atoms with E-state index in [0.717, 1.165) is 15.9 Å². The molecule has 0 fully saturated rings. The number of nitrogens with zero attached hydrogens (tertiary/aromatic N) is 1. The molecule has 0 aliphatic carbocycles. The third-order valence-electron chi connectivity index (χ3n) is 1.97. The number of nitriles is 1. The molecule has 15 heavy (non-hydrogen) atoms. The van der Waals surface area contributed by atoms with Crippen LogP contribution in [0.4, 0.5) is 5.69 Å². The highest BCUT2D eigenvalue weighted by Gasteiger charge is 2.05. The fourth-order valence-electron chi connectivity index (χ4n) is 1.20. The molecule has 80 valence electrons. The predicted octanol–water partition coefficient (Wildman–Crippen LogP) is 3.17. The maximum atomic E-state index is 8.56. The molecule has 1 aromatic rings. The smallest absolute Gasteiger partial charge is 0.121 e. The van der Waals surface area contributed by atoms with Crippen LogP contribution in [-0.4, -0.2) is 13.2 Å². The number of nitrogens with one attached hydrogen (secondary N) is 1. The summed E-state index contributed by atoms with van der Waals surface area (Å²) < 4.78 is 6.09. The summed E-state index contributed by atoms with van der Waals surface area (Å²) in [6, 6.07) is 7.95. The van der Waals surface area contributed by atoms with Crippen molar-refractivity contribution >= 4 is 21.6 Å². The van der Waals surface area contributed by atoms with Crippen LogP contribution in [0.2, 0.25) is 0 Å². The van der Waals surface area contributed by atoms with Crippen LogP contribution in [0.5, 0.6) is 5.75 Å². The summed E-state index contributed by atoms with van der Waals surface area (Å²) in [5.74, 6) is 0.796. The number of hydrogen-bond acceptors (Lipinski definition) is 3. The number of halogens is 1. The quantitative estimate of drug-likeness (QED) is 0.913. The summed E-state index contributed by atoms with van der Waals surface area (Å²) in [6.07, 6.45) is 0.476. The standard InChI is InChI=1S/C11H13BrN2O/c1-8(5-6-13)14-11-7-9(15-2)3-4-10(11)12/h3-4,7-8,14H,5H2,1-2H3. The number of anilines is 1. The second kappa shape index (κ2) is 5.62. The van der Waals surface area contributed by atoms with E-state index < -0.39 is 0 Å². The second-order valence-corrected chi connectivity index (χ2v) is 4.11. The molecule has 1 atom stereocenters. The molecule has 4 heteroatoms. The van der Waals surface area contributed by atoms with Crippen LogP contribution < -0.4 is 10.1 Å². The summed E-state index contributed by atoms with van der Waals surface area (Å²) in [4.78, 5) is 0. The van der Waals surface area contributed by atoms with Gasteiger partial charge in [0.15, 0.2) is 0 Å². The van der Waals surface area contributed by atoms with Crippen LogP contribution in [0.1, 0.15) is 13.3 Å². The Hall–Kier alpha value is -1.21. The summed E-state index contributed by atoms with van der Waals surface area (Å²) in [5, 5.41) is 11.8. The zero-order valence-electron chi connectivity index (χ0n) is 8.75. The lowest BCUT2D eigenvalue weighted by molar-refractivity contribution is 0.415. The molecule has 0 saturated carbocycles. The van der Waals surface area contributed by atoms with Gasteiger partial charge in [-0.05, 0) is 35.0 Å². The van der Waals surface area contributed by atoms with Crippen molar-refractivity contribution in [1.82, 2.24) is 0 Å². The zero-order chi connectivity index (χ0) is 11.3. The van der Waals surface area contributed by atoms with Gasteiger partial charge in [0.05, 0.1) is 25.3 Å². The highest BCUT2D eigenvalue weighted by Crippen LogP contribution is 2.27. The molecular formula is C11H13BrN2O. The summed E-state index contributed by atoms with van der Waals surface area (Å²) >= 11 is 3.44. The van der Waals surface area contributed by atoms with Crippen molar-refractivity contribution in [3.05, 3.63) is 22.7 Å². The fraction of sp³-hybridized carbons (Fsp3) is 0.364. The van der Waals surface area contributed by atoms with E-state index in [0.29, 0.717) is 6.42 Å². The highest BCUT2D eigenvalue weighted by atomic mass is 79.9. The van der Waals surface area contributed by atoms with E-state index in [-0.39, 0.29) is 6.04 Å². The molecule has 0 amide bonds. The van der Waals surface area contributed by atoms with Gasteiger partial charge in [-0.15, -0.1) is 0 Å². The largest absolute Gasteiger partial charge is 0.497 e. The van der Waals surface area contributed by atoms with Crippen LogP contribution in [-0.2, 0) is 0 Å². The van der Waals surface area contributed by atoms with Crippen molar-refractivity contribution in [3.63, 3.8) is 0 Å². The van der Waals surface area contributed by atoms with Gasteiger partial charge in [-0.2, -0.15) is 5.26 Å². The van der Waals surface area contributed by atoms with E-state index >= 15 is 0 Å². The minimum absolute atomic E-state index is 0.124. The minimum Gasteiger partial charge on any atom is -0.497 e. The maximum absolute atomic E-state index is 8.56. The van der Waals surface area contributed by atoms with Gasteiger partial charge < -0.3 is 10.1 Å². The molecular weight excluding hydrogens is 256 g/mol. The molecule has 0 bridgehead atoms. The van der Waals surface area contributed by atoms with Gasteiger partial charge in [-0.25, -0.2) is 0 Å². The number of rotatable bonds is 4. The molecule has 0 radical (unpaired) electrons. The first kappa shape index (κ1) is 11.9. The first-order valence-corrected chi connectivity index (χ1v) is 5.43. The molecule has 1 aromatic carbocycles. The fourth-order valence-corrected chi connectivity index (χ4v) is 1.56. The first-order chi connectivity index (χ1) is 7.17. The van der Waals surface area contributed by atoms with Crippen molar-refractivity contribution in [2.24, 2.45) is 0 Å². The van der Waals surface area contributed by atoms with Gasteiger partial charge in [0, 0.05) is 16.6 Å². The lowest BCUT2D eigenvalue weighted by Crippen LogP contribution is -2.14. The third kappa shape index (κ3) is 3.45. The second-order valence-electron chi connectivity index (χ2n) is 3.25. The molecule has 3 nitrogen and oxygen atoms in total. The van der Waals surface area contributed by atoms with E-state index in [4.69, 9.17) is 10.00 Å². The van der Waals surface area contributed by atoms with E-state index in [1.54, 1.807) is 7.11 Å². The molecule has 1 rings (SSSR count). The maximum Gasteiger partial charge on any atom is 0.121 e. The molecule has 0 aliphatic rings. The van der Waals surface area contributed by atoms with Crippen molar-refractivity contribution in [2.75, 3.05) is 12.4 Å². The summed E-state index contributed by atoms with van der Waals surface area (Å²) in [7, 11) is 1.63. The molecule has 0 aliphatic heterocycles. The van der Waals surface area contributed by atoms with E-state index in [1.807, 2.05) is 25.1 Å². The summed E-state index contributed by atoms with van der Waals surface area (Å²) in [5.41, 5.74) is 0.942. The predicted molar refractivity (Wildman–Crippen MR) is 64.0 cm³/mol. The van der Waals surface area contributed by atoms with Crippen LogP contribution in [0.25, 0.3) is 0 Å². The number of methoxy groups -OCH3 is 1. The normalized spacial score (nSPS) is 11.6. The Morgan fingerprint density at radius 1 is 1.60 bits per heavy atom. The van der Waals surface area contributed by atoms with Gasteiger partial charge in [0.2, 0.25) is 0 Å². The molecule has 0 aromatic heterocycles. The Labute approximate surface area is 98.2 Å². The molecule has 0 saturated heterocycles. The van der Waals surface area contributed by atoms with Crippen LogP contribution >= 0.6 is 15.9 Å². The topological polar surface area (TPSA) is 45.0 Å². The Balaban J connectivity index is 2.79. The third-order valence-corrected chi connectivity index (χ3v) is 2.66. The van der Waals surface area contributed by atoms with Gasteiger partial charge in [0.1, 0.15) is 5.75 Å². The Morgan fingerprint density at radius 3 is 2.93 bits per heavy atom. The van der Waals surface area contributed by atoms with Crippen LogP contribution in [0.15, 0.2) is 22.7 Å². The van der Waals surface area contributed by atoms with Gasteiger partial charge in [-0.3, -0.25) is 0 Å². The lowest BCUT2D eigenvalue weighted by atomic mass is 10.2. The molecule has 0 heterocycles. The highest BCUT2D eigenvalue weighted by molar-refractivity contribution is 9.10. The van der Waals surface area contributed by atoms with Crippen LogP contribution in [0, 0.1) is 11.3 Å². The Morgan fingerprint density at radius 2 is 2.33 bits per heavy atom. The van der Waals surface area contributed by atoms with Gasteiger partial charge >= 0.3 is 0 Å². The number of benzene rings is 1. The van der Waals surface area contributed by atoms with Crippen molar-refractivity contribution in [2.45, 2.75) is 19.4 Å². The molecule has 0 spiro atoms. The minimum atomic E-state index is 0.124. The first-order valence-electron chi connectivity index (χ1n) is 4.64. The summed E-state index contributed by atoms with van der Waals surface area (Å²) in [6.45, 7) is 1.97. The zero-order valence-corrected chi connectivity index (χ0v) is 10.3. The SMILES string of the molecule is COc1ccc(Br)c(NC(C)CC#N)c1. The average molecular weight is 269 g/mol. The van der Waals surface area contributed by atoms with Crippen molar-refractivity contribution < 1.29 is 4.74 Å². The Kier molecular flexibility index (Phi) is 4.44. The van der Waals surface area contributed by atoms with Gasteiger partial charge in [-0.1, -0.05) is 0 Å². The number of hydrogen-bond donors (Lipinski definition) is 1. The lowest BCUT2D eigenvalue weighted by Gasteiger charge is -2.14. The van der Waals surface area contributed by atoms with Crippen LogP contribution in [0.3, 0.4) is 0 Å². The monoisotopic (exact) mass is 268 g/mol. The average Bonchev–Trinajstić information content (AvgIpc) is 2.21. The van der Waals surface area contributed by atoms with E-state index in [1.165, 1.54) is 0 Å². The number of ether oxygens (including phenoxy) is 1.